The molecule has 0 saturated heterocycles. The third-order valence-electron chi connectivity index (χ3n) is 0.408. The molecule has 0 unspecified atom stereocenters. The van der Waals surface area contributed by atoms with Gasteiger partial charge in [-0.3, -0.25) is 0 Å². The molecule has 0 aliphatic carbocycles. The van der Waals surface area contributed by atoms with Crippen LogP contribution in [0.25, 0.3) is 0 Å². The Labute approximate surface area is 52.4 Å². The van der Waals surface area contributed by atoms with E-state index in [0.717, 1.165) is 13.0 Å². The van der Waals surface area contributed by atoms with Crippen molar-refractivity contribution in [2.75, 3.05) is 13.7 Å². The zero-order valence-electron chi connectivity index (χ0n) is 6.11. The normalized spacial score (nSPS) is 6.88. The highest BCUT2D eigenvalue weighted by molar-refractivity contribution is 4.51. The molecule has 1 nitrogen and oxygen atoms in total. The van der Waals surface area contributed by atoms with Crippen LogP contribution in [0.4, 0.5) is 0 Å². The fourth-order valence-corrected chi connectivity index (χ4v) is 0.204. The Bertz CT molecular complexity index is 31.4. The molecule has 0 atom stereocenters. The van der Waals surface area contributed by atoms with E-state index in [4.69, 9.17) is 4.74 Å². The number of rotatable bonds is 2. The van der Waals surface area contributed by atoms with Gasteiger partial charge in [0.25, 0.3) is 0 Å². The van der Waals surface area contributed by atoms with Gasteiger partial charge in [-0.25, -0.2) is 0 Å². The predicted molar refractivity (Wildman–Crippen MR) is 38.0 cm³/mol. The van der Waals surface area contributed by atoms with E-state index >= 15 is 0 Å². The van der Waals surface area contributed by atoms with Crippen molar-refractivity contribution in [3.8, 4) is 0 Å². The third kappa shape index (κ3) is 43.6. The summed E-state index contributed by atoms with van der Waals surface area (Å²) < 4.78 is 4.69. The molecule has 0 N–H and O–H groups in total. The quantitative estimate of drug-likeness (QED) is 0.503. The highest BCUT2D eigenvalue weighted by atomic mass is 16.5. The van der Waals surface area contributed by atoms with E-state index in [-0.39, 0.29) is 0 Å². The maximum absolute atomic E-state index is 4.69. The van der Waals surface area contributed by atoms with Crippen molar-refractivity contribution in [2.45, 2.75) is 20.3 Å². The van der Waals surface area contributed by atoms with Crippen LogP contribution in [0.15, 0.2) is 12.7 Å². The molecule has 0 fully saturated rings. The van der Waals surface area contributed by atoms with Gasteiger partial charge in [-0.2, -0.15) is 0 Å². The van der Waals surface area contributed by atoms with Crippen molar-refractivity contribution in [3.05, 3.63) is 12.7 Å². The van der Waals surface area contributed by atoms with E-state index in [9.17, 15) is 0 Å². The Balaban J connectivity index is 0. The summed E-state index contributed by atoms with van der Waals surface area (Å²) in [5.74, 6) is 0. The van der Waals surface area contributed by atoms with Gasteiger partial charge in [0, 0.05) is 13.7 Å². The highest BCUT2D eigenvalue weighted by Gasteiger charge is 1.66. The van der Waals surface area contributed by atoms with Gasteiger partial charge in [0.15, 0.2) is 0 Å². The Morgan fingerprint density at radius 3 is 2.00 bits per heavy atom. The van der Waals surface area contributed by atoms with E-state index in [1.165, 1.54) is 0 Å². The maximum atomic E-state index is 4.69. The van der Waals surface area contributed by atoms with Crippen molar-refractivity contribution in [1.29, 1.82) is 0 Å². The molecule has 0 aromatic rings. The summed E-state index contributed by atoms with van der Waals surface area (Å²) in [4.78, 5) is 0. The van der Waals surface area contributed by atoms with E-state index in [1.807, 2.05) is 6.92 Å². The minimum atomic E-state index is 0.889. The molecule has 0 amide bonds. The molecule has 1 heteroatoms. The number of hydrogen-bond donors (Lipinski definition) is 0. The summed E-state index contributed by atoms with van der Waals surface area (Å²) in [6.07, 6.45) is 2.87. The molecule has 0 saturated carbocycles. The predicted octanol–water partition coefficient (Wildman–Crippen LogP) is 2.24. The van der Waals surface area contributed by atoms with Gasteiger partial charge in [-0.15, -0.1) is 6.58 Å². The summed E-state index contributed by atoms with van der Waals surface area (Å²) in [5, 5.41) is 0. The van der Waals surface area contributed by atoms with Gasteiger partial charge in [0.1, 0.15) is 0 Å². The van der Waals surface area contributed by atoms with E-state index in [0.29, 0.717) is 0 Å². The fourth-order valence-electron chi connectivity index (χ4n) is 0.204. The van der Waals surface area contributed by atoms with Crippen molar-refractivity contribution >= 4 is 0 Å². The second-order valence-electron chi connectivity index (χ2n) is 1.40. The van der Waals surface area contributed by atoms with Gasteiger partial charge >= 0.3 is 0 Å². The third-order valence-corrected chi connectivity index (χ3v) is 0.408. The molecule has 0 aromatic heterocycles. The van der Waals surface area contributed by atoms with E-state index < -0.39 is 0 Å². The lowest BCUT2D eigenvalue weighted by Gasteiger charge is -1.84. The zero-order valence-corrected chi connectivity index (χ0v) is 6.11. The molecule has 0 aromatic carbocycles. The van der Waals surface area contributed by atoms with Crippen LogP contribution in [-0.2, 0) is 4.74 Å². The van der Waals surface area contributed by atoms with Crippen LogP contribution in [0.5, 0.6) is 0 Å². The molecule has 0 bridgehead atoms. The van der Waals surface area contributed by atoms with Gasteiger partial charge in [-0.05, 0) is 13.3 Å². The van der Waals surface area contributed by atoms with Gasteiger partial charge in [0.05, 0.1) is 0 Å². The maximum Gasteiger partial charge on any atom is 0.0459 e. The lowest BCUT2D eigenvalue weighted by molar-refractivity contribution is 0.199. The molecular formula is C7H16O. The molecule has 0 rings (SSSR count). The lowest BCUT2D eigenvalue weighted by atomic mass is 10.5. The summed E-state index contributed by atoms with van der Waals surface area (Å²) in [5.41, 5.74) is 0. The highest BCUT2D eigenvalue weighted by Crippen LogP contribution is 1.70. The van der Waals surface area contributed by atoms with Crippen LogP contribution in [0.2, 0.25) is 0 Å². The van der Waals surface area contributed by atoms with Crippen LogP contribution in [0.3, 0.4) is 0 Å². The van der Waals surface area contributed by atoms with Crippen LogP contribution < -0.4 is 0 Å². The summed E-state index contributed by atoms with van der Waals surface area (Å²) in [6, 6.07) is 0. The lowest BCUT2D eigenvalue weighted by Crippen LogP contribution is -1.80. The number of methoxy groups -OCH3 is 1. The van der Waals surface area contributed by atoms with Crippen molar-refractivity contribution in [2.24, 2.45) is 0 Å². The van der Waals surface area contributed by atoms with Crippen molar-refractivity contribution < 1.29 is 4.74 Å². The minimum Gasteiger partial charge on any atom is -0.385 e. The zero-order chi connectivity index (χ0) is 6.83. The molecular weight excluding hydrogens is 100 g/mol. The Morgan fingerprint density at radius 2 is 2.00 bits per heavy atom. The molecule has 50 valence electrons. The molecule has 0 heterocycles. The number of ether oxygens (including phenoxy) is 1. The average molecular weight is 116 g/mol. The van der Waals surface area contributed by atoms with Crippen LogP contribution >= 0.6 is 0 Å². The molecule has 8 heavy (non-hydrogen) atoms. The largest absolute Gasteiger partial charge is 0.385 e. The number of hydrogen-bond acceptors (Lipinski definition) is 1. The average Bonchev–Trinajstić information content (AvgIpc) is 1.71. The van der Waals surface area contributed by atoms with E-state index in [1.54, 1.807) is 13.2 Å². The van der Waals surface area contributed by atoms with E-state index in [2.05, 4.69) is 13.5 Å². The molecule has 0 aliphatic heterocycles. The molecule has 0 aliphatic rings. The van der Waals surface area contributed by atoms with Crippen LogP contribution in [-0.4, -0.2) is 13.7 Å². The van der Waals surface area contributed by atoms with Gasteiger partial charge in [-0.1, -0.05) is 13.0 Å². The van der Waals surface area contributed by atoms with Crippen LogP contribution in [0.1, 0.15) is 20.3 Å². The SMILES string of the molecule is C=CC.CCCOC. The van der Waals surface area contributed by atoms with Gasteiger partial charge in [0.2, 0.25) is 0 Å². The second-order valence-corrected chi connectivity index (χ2v) is 1.40. The Kier molecular flexibility index (Phi) is 21.1. The fraction of sp³-hybridized carbons (Fsp3) is 0.714. The summed E-state index contributed by atoms with van der Waals surface area (Å²) in [7, 11) is 1.71. The first-order valence-corrected chi connectivity index (χ1v) is 2.89. The van der Waals surface area contributed by atoms with Crippen molar-refractivity contribution in [1.82, 2.24) is 0 Å². The standard InChI is InChI=1S/C4H10O.C3H6/c1-3-4-5-2;1-3-2/h3-4H2,1-2H3;3H,1H2,2H3. The monoisotopic (exact) mass is 116 g/mol. The topological polar surface area (TPSA) is 9.23 Å². The Hall–Kier alpha value is -0.300. The smallest absolute Gasteiger partial charge is 0.0459 e. The molecule has 0 spiro atoms. The Morgan fingerprint density at radius 1 is 1.62 bits per heavy atom. The van der Waals surface area contributed by atoms with Gasteiger partial charge < -0.3 is 4.74 Å². The van der Waals surface area contributed by atoms with Crippen molar-refractivity contribution in [3.63, 3.8) is 0 Å². The first-order valence-electron chi connectivity index (χ1n) is 2.89. The molecule has 0 radical (unpaired) electrons. The summed E-state index contributed by atoms with van der Waals surface area (Å²) in [6.45, 7) is 8.23. The first kappa shape index (κ1) is 10.6. The van der Waals surface area contributed by atoms with Crippen LogP contribution in [0, 0.1) is 0 Å². The summed E-state index contributed by atoms with van der Waals surface area (Å²) >= 11 is 0. The number of allylic oxidation sites excluding steroid dienone is 1. The second kappa shape index (κ2) is 15.9. The first-order chi connectivity index (χ1) is 3.83. The minimum absolute atomic E-state index is 0.889.